The van der Waals surface area contributed by atoms with Crippen molar-refractivity contribution in [1.29, 1.82) is 0 Å². The average Bonchev–Trinajstić information content (AvgIpc) is 2.16. The van der Waals surface area contributed by atoms with Crippen molar-refractivity contribution in [2.24, 2.45) is 0 Å². The maximum absolute atomic E-state index is 9.72. The topological polar surface area (TPSA) is 86.7 Å². The fraction of sp³-hybridized carbons (Fsp3) is 0.556. The minimum Gasteiger partial charge on any atom is -0.748 e. The molecule has 0 aromatic rings. The van der Waals surface area contributed by atoms with Crippen LogP contribution in [-0.4, -0.2) is 43.7 Å². The van der Waals surface area contributed by atoms with E-state index in [1.165, 1.54) is 0 Å². The second-order valence-electron chi connectivity index (χ2n) is 2.45. The Morgan fingerprint density at radius 3 is 1.88 bits per heavy atom. The molecule has 0 amide bonds. The van der Waals surface area contributed by atoms with Crippen molar-refractivity contribution in [2.75, 3.05) is 25.6 Å². The quantitative estimate of drug-likeness (QED) is 0.233. The number of rotatable bonds is 7. The van der Waals surface area contributed by atoms with Crippen LogP contribution in [0.4, 0.5) is 0 Å². The van der Waals surface area contributed by atoms with E-state index in [-0.39, 0.29) is 42.6 Å². The number of hydrogen-bond donors (Lipinski definition) is 1. The summed E-state index contributed by atoms with van der Waals surface area (Å²) >= 11 is 0. The minimum atomic E-state index is -4.10. The predicted octanol–water partition coefficient (Wildman–Crippen LogP) is -2.71. The molecule has 0 rings (SSSR count). The molecule has 5 nitrogen and oxygen atoms in total. The van der Waals surface area contributed by atoms with E-state index in [0.717, 1.165) is 0 Å². The molecule has 0 radical (unpaired) electrons. The van der Waals surface area contributed by atoms with Gasteiger partial charge in [-0.05, 0) is 6.42 Å². The molecule has 0 bridgehead atoms. The van der Waals surface area contributed by atoms with Crippen LogP contribution >= 0.6 is 0 Å². The molecule has 0 fully saturated rings. The fourth-order valence-corrected chi connectivity index (χ4v) is 0.959. The number of aliphatic hydroxyl groups excluding tert-OH is 1. The molecule has 0 aromatic carbocycles. The summed E-state index contributed by atoms with van der Waals surface area (Å²) in [4.78, 5) is 0. The van der Waals surface area contributed by atoms with Crippen molar-refractivity contribution in [2.45, 2.75) is 6.42 Å². The molecule has 16 heavy (non-hydrogen) atoms. The van der Waals surface area contributed by atoms with Crippen LogP contribution in [-0.2, 0) is 14.9 Å². The third kappa shape index (κ3) is 29.2. The van der Waals surface area contributed by atoms with Gasteiger partial charge in [0.25, 0.3) is 0 Å². The molecular weight excluding hydrogens is 243 g/mol. The molecule has 0 saturated heterocycles. The van der Waals surface area contributed by atoms with Gasteiger partial charge in [0, 0.05) is 12.4 Å². The Morgan fingerprint density at radius 1 is 1.25 bits per heavy atom. The Morgan fingerprint density at radius 2 is 1.69 bits per heavy atom. The van der Waals surface area contributed by atoms with E-state index < -0.39 is 15.9 Å². The van der Waals surface area contributed by atoms with Crippen LogP contribution in [0.15, 0.2) is 25.3 Å². The van der Waals surface area contributed by atoms with Crippen LogP contribution in [0, 0.1) is 0 Å². The molecule has 1 N–H and O–H groups in total. The van der Waals surface area contributed by atoms with E-state index in [4.69, 9.17) is 9.84 Å². The largest absolute Gasteiger partial charge is 1.00 e. The Kier molecular flexibility index (Phi) is 20.6. The zero-order valence-electron chi connectivity index (χ0n) is 9.59. The first-order chi connectivity index (χ1) is 6.97. The summed E-state index contributed by atoms with van der Waals surface area (Å²) in [7, 11) is -4.10. The zero-order valence-corrected chi connectivity index (χ0v) is 12.4. The van der Waals surface area contributed by atoms with Gasteiger partial charge in [-0.25, -0.2) is 8.42 Å². The van der Waals surface area contributed by atoms with Crippen LogP contribution in [0.3, 0.4) is 0 Å². The summed E-state index contributed by atoms with van der Waals surface area (Å²) in [6, 6.07) is 0. The van der Waals surface area contributed by atoms with Crippen molar-refractivity contribution < 1.29 is 52.4 Å². The second-order valence-corrected chi connectivity index (χ2v) is 3.98. The van der Waals surface area contributed by atoms with E-state index in [1.807, 2.05) is 0 Å². The molecule has 0 aromatic heterocycles. The Bertz CT molecular complexity index is 243. The molecule has 0 atom stereocenters. The second kappa shape index (κ2) is 15.3. The molecule has 7 heteroatoms. The van der Waals surface area contributed by atoms with Crippen molar-refractivity contribution in [3.63, 3.8) is 0 Å². The maximum atomic E-state index is 9.72. The van der Waals surface area contributed by atoms with Crippen LogP contribution in [0.5, 0.6) is 0 Å². The van der Waals surface area contributed by atoms with Gasteiger partial charge in [-0.15, -0.1) is 13.2 Å². The number of ether oxygens (including phenoxy) is 1. The summed E-state index contributed by atoms with van der Waals surface area (Å²) in [6.07, 6.45) is 3.46. The Balaban J connectivity index is -0.000000200. The van der Waals surface area contributed by atoms with Crippen molar-refractivity contribution in [3.8, 4) is 0 Å². The first-order valence-corrected chi connectivity index (χ1v) is 5.89. The van der Waals surface area contributed by atoms with E-state index in [9.17, 15) is 13.0 Å². The molecule has 0 aliphatic carbocycles. The van der Waals surface area contributed by atoms with Gasteiger partial charge in [0.15, 0.2) is 0 Å². The SMILES string of the molecule is C=CCOCC=C.O=S(=O)([O-])CCCO.[Na+]. The van der Waals surface area contributed by atoms with E-state index in [2.05, 4.69) is 13.2 Å². The molecule has 0 spiro atoms. The van der Waals surface area contributed by atoms with Gasteiger partial charge in [0.2, 0.25) is 0 Å². The molecule has 0 aliphatic heterocycles. The standard InChI is InChI=1S/C6H10O.C3H8O4S.Na/c1-3-5-7-6-4-2;4-2-1-3-8(5,6)7;/h3-4H,1-2,5-6H2;4H,1-3H2,(H,5,6,7);/q;;+1/p-1. The molecule has 0 saturated carbocycles. The Hall–Kier alpha value is 0.310. The smallest absolute Gasteiger partial charge is 0.748 e. The van der Waals surface area contributed by atoms with Crippen LogP contribution in [0.25, 0.3) is 0 Å². The first-order valence-electron chi connectivity index (χ1n) is 4.32. The molecule has 0 unspecified atom stereocenters. The summed E-state index contributed by atoms with van der Waals surface area (Å²) in [5.74, 6) is -0.469. The normalized spacial score (nSPS) is 9.38. The number of hydrogen-bond acceptors (Lipinski definition) is 5. The molecule has 90 valence electrons. The monoisotopic (exact) mass is 260 g/mol. The van der Waals surface area contributed by atoms with E-state index in [0.29, 0.717) is 13.2 Å². The molecule has 0 aliphatic rings. The number of aliphatic hydroxyl groups is 1. The van der Waals surface area contributed by atoms with Crippen LogP contribution < -0.4 is 29.6 Å². The maximum Gasteiger partial charge on any atom is 1.00 e. The van der Waals surface area contributed by atoms with Crippen molar-refractivity contribution in [1.82, 2.24) is 0 Å². The fourth-order valence-electron chi connectivity index (χ4n) is 0.476. The van der Waals surface area contributed by atoms with Crippen LogP contribution in [0.2, 0.25) is 0 Å². The van der Waals surface area contributed by atoms with Crippen LogP contribution in [0.1, 0.15) is 6.42 Å². The third-order valence-corrected chi connectivity index (χ3v) is 1.81. The van der Waals surface area contributed by atoms with Gasteiger partial charge in [-0.1, -0.05) is 12.2 Å². The average molecular weight is 260 g/mol. The van der Waals surface area contributed by atoms with Crippen molar-refractivity contribution >= 4 is 10.1 Å². The molecule has 0 heterocycles. The first kappa shape index (κ1) is 21.6. The third-order valence-electron chi connectivity index (χ3n) is 1.02. The minimum absolute atomic E-state index is 0. The van der Waals surface area contributed by atoms with Gasteiger partial charge in [-0.3, -0.25) is 0 Å². The zero-order chi connectivity index (χ0) is 12.2. The van der Waals surface area contributed by atoms with E-state index in [1.54, 1.807) is 12.2 Å². The summed E-state index contributed by atoms with van der Waals surface area (Å²) in [5.41, 5.74) is 0. The summed E-state index contributed by atoms with van der Waals surface area (Å²) < 4.78 is 34.1. The van der Waals surface area contributed by atoms with Gasteiger partial charge in [-0.2, -0.15) is 0 Å². The molecular formula is C9H17NaO5S. The van der Waals surface area contributed by atoms with Gasteiger partial charge >= 0.3 is 29.6 Å². The van der Waals surface area contributed by atoms with E-state index >= 15 is 0 Å². The summed E-state index contributed by atoms with van der Waals surface area (Å²) in [6.45, 7) is 7.93. The van der Waals surface area contributed by atoms with Gasteiger partial charge < -0.3 is 14.4 Å². The van der Waals surface area contributed by atoms with Gasteiger partial charge in [0.05, 0.1) is 23.3 Å². The van der Waals surface area contributed by atoms with Gasteiger partial charge in [0.1, 0.15) is 0 Å². The van der Waals surface area contributed by atoms with Crippen molar-refractivity contribution in [3.05, 3.63) is 25.3 Å². The Labute approximate surface area is 119 Å². The predicted molar refractivity (Wildman–Crippen MR) is 57.5 cm³/mol. The summed E-state index contributed by atoms with van der Waals surface area (Å²) in [5, 5.41) is 8.03.